The number of carbonyl (C=O) groups excluding carboxylic acids is 1. The molecule has 14 heavy (non-hydrogen) atoms. The lowest BCUT2D eigenvalue weighted by Crippen LogP contribution is -2.21. The van der Waals surface area contributed by atoms with Crippen LogP contribution in [0.3, 0.4) is 0 Å². The van der Waals surface area contributed by atoms with Crippen LogP contribution in [0.5, 0.6) is 0 Å². The maximum atomic E-state index is 10.2. The molecular formula is C12H22O2. The van der Waals surface area contributed by atoms with Gasteiger partial charge < -0.3 is 4.74 Å². The average Bonchev–Trinajstić information content (AvgIpc) is 2.21. The number of methoxy groups -OCH3 is 1. The number of aldehydes is 1. The molecule has 0 saturated heterocycles. The molecule has 0 aliphatic heterocycles. The highest BCUT2D eigenvalue weighted by atomic mass is 16.5. The topological polar surface area (TPSA) is 26.3 Å². The average molecular weight is 198 g/mol. The molecule has 0 spiro atoms. The van der Waals surface area contributed by atoms with Gasteiger partial charge in [-0.2, -0.15) is 0 Å². The number of allylic oxidation sites excluding steroid dienone is 1. The molecule has 0 radical (unpaired) electrons. The van der Waals surface area contributed by atoms with Gasteiger partial charge in [0, 0.05) is 13.0 Å². The van der Waals surface area contributed by atoms with E-state index in [-0.39, 0.29) is 6.10 Å². The van der Waals surface area contributed by atoms with Gasteiger partial charge in [0.25, 0.3) is 0 Å². The fraction of sp³-hybridized carbons (Fsp3) is 0.750. The van der Waals surface area contributed by atoms with Crippen molar-refractivity contribution in [2.75, 3.05) is 7.11 Å². The van der Waals surface area contributed by atoms with Crippen LogP contribution < -0.4 is 0 Å². The molecule has 0 aromatic heterocycles. The van der Waals surface area contributed by atoms with Crippen molar-refractivity contribution in [3.63, 3.8) is 0 Å². The quantitative estimate of drug-likeness (QED) is 0.464. The van der Waals surface area contributed by atoms with Crippen molar-refractivity contribution in [3.05, 3.63) is 12.2 Å². The van der Waals surface area contributed by atoms with E-state index in [2.05, 4.69) is 20.8 Å². The summed E-state index contributed by atoms with van der Waals surface area (Å²) in [6, 6.07) is 0. The van der Waals surface area contributed by atoms with Gasteiger partial charge in [-0.15, -0.1) is 0 Å². The number of ether oxygens (including phenoxy) is 1. The van der Waals surface area contributed by atoms with E-state index in [0.29, 0.717) is 11.8 Å². The molecule has 0 aromatic rings. The predicted octanol–water partition coefficient (Wildman–Crippen LogP) is 2.83. The van der Waals surface area contributed by atoms with Crippen LogP contribution in [-0.4, -0.2) is 19.5 Å². The number of hydrogen-bond acceptors (Lipinski definition) is 2. The molecule has 2 heteroatoms. The summed E-state index contributed by atoms with van der Waals surface area (Å²) >= 11 is 0. The predicted molar refractivity (Wildman–Crippen MR) is 59.2 cm³/mol. The van der Waals surface area contributed by atoms with Crippen LogP contribution in [0, 0.1) is 11.8 Å². The number of rotatable bonds is 7. The third-order valence-electron chi connectivity index (χ3n) is 2.71. The minimum absolute atomic E-state index is 0.223. The van der Waals surface area contributed by atoms with E-state index >= 15 is 0 Å². The van der Waals surface area contributed by atoms with Gasteiger partial charge >= 0.3 is 0 Å². The molecular weight excluding hydrogens is 176 g/mol. The molecule has 0 bridgehead atoms. The van der Waals surface area contributed by atoms with Crippen molar-refractivity contribution in [1.29, 1.82) is 0 Å². The molecule has 0 heterocycles. The molecule has 2 nitrogen and oxygen atoms in total. The normalized spacial score (nSPS) is 18.0. The first kappa shape index (κ1) is 13.4. The summed E-state index contributed by atoms with van der Waals surface area (Å²) < 4.78 is 5.41. The highest BCUT2D eigenvalue weighted by Crippen LogP contribution is 2.19. The van der Waals surface area contributed by atoms with Crippen molar-refractivity contribution in [3.8, 4) is 0 Å². The van der Waals surface area contributed by atoms with Crippen LogP contribution in [0.4, 0.5) is 0 Å². The van der Waals surface area contributed by atoms with Crippen LogP contribution in [-0.2, 0) is 9.53 Å². The molecule has 3 atom stereocenters. The Kier molecular flexibility index (Phi) is 7.40. The first-order chi connectivity index (χ1) is 6.65. The SMILES string of the molecule is CCC(C)CC(OC)C(C)C=CC=O. The Morgan fingerprint density at radius 2 is 2.00 bits per heavy atom. The van der Waals surface area contributed by atoms with Crippen LogP contribution in [0.15, 0.2) is 12.2 Å². The minimum Gasteiger partial charge on any atom is -0.381 e. The van der Waals surface area contributed by atoms with Gasteiger partial charge in [0.15, 0.2) is 0 Å². The number of hydrogen-bond donors (Lipinski definition) is 0. The van der Waals surface area contributed by atoms with Gasteiger partial charge in [-0.25, -0.2) is 0 Å². The van der Waals surface area contributed by atoms with Gasteiger partial charge in [0.1, 0.15) is 6.29 Å². The largest absolute Gasteiger partial charge is 0.381 e. The summed E-state index contributed by atoms with van der Waals surface area (Å²) in [4.78, 5) is 10.2. The summed E-state index contributed by atoms with van der Waals surface area (Å²) in [6.45, 7) is 6.49. The monoisotopic (exact) mass is 198 g/mol. The lowest BCUT2D eigenvalue weighted by atomic mass is 9.93. The summed E-state index contributed by atoms with van der Waals surface area (Å²) in [5.74, 6) is 0.978. The zero-order valence-electron chi connectivity index (χ0n) is 9.69. The summed E-state index contributed by atoms with van der Waals surface area (Å²) in [5, 5.41) is 0. The first-order valence-corrected chi connectivity index (χ1v) is 5.30. The van der Waals surface area contributed by atoms with Crippen molar-refractivity contribution in [2.24, 2.45) is 11.8 Å². The lowest BCUT2D eigenvalue weighted by Gasteiger charge is -2.22. The zero-order chi connectivity index (χ0) is 11.0. The van der Waals surface area contributed by atoms with Crippen LogP contribution in [0.1, 0.15) is 33.6 Å². The zero-order valence-corrected chi connectivity index (χ0v) is 9.69. The van der Waals surface area contributed by atoms with E-state index in [0.717, 1.165) is 12.7 Å². The van der Waals surface area contributed by atoms with Crippen molar-refractivity contribution in [1.82, 2.24) is 0 Å². The van der Waals surface area contributed by atoms with E-state index in [9.17, 15) is 4.79 Å². The van der Waals surface area contributed by atoms with Crippen LogP contribution >= 0.6 is 0 Å². The van der Waals surface area contributed by atoms with Gasteiger partial charge in [0.2, 0.25) is 0 Å². The Balaban J connectivity index is 4.10. The Morgan fingerprint density at radius 3 is 2.43 bits per heavy atom. The van der Waals surface area contributed by atoms with Crippen molar-refractivity contribution < 1.29 is 9.53 Å². The molecule has 0 aliphatic rings. The summed E-state index contributed by atoms with van der Waals surface area (Å²) in [7, 11) is 1.73. The lowest BCUT2D eigenvalue weighted by molar-refractivity contribution is -0.104. The van der Waals surface area contributed by atoms with E-state index < -0.39 is 0 Å². The second-order valence-electron chi connectivity index (χ2n) is 3.90. The smallest absolute Gasteiger partial charge is 0.142 e. The Labute approximate surface area is 87.3 Å². The molecule has 0 saturated carbocycles. The third-order valence-corrected chi connectivity index (χ3v) is 2.71. The van der Waals surface area contributed by atoms with Gasteiger partial charge in [-0.05, 0) is 18.4 Å². The maximum Gasteiger partial charge on any atom is 0.142 e. The molecule has 3 unspecified atom stereocenters. The highest BCUT2D eigenvalue weighted by molar-refractivity contribution is 5.64. The van der Waals surface area contributed by atoms with Gasteiger partial charge in [-0.1, -0.05) is 33.3 Å². The van der Waals surface area contributed by atoms with E-state index in [1.807, 2.05) is 6.08 Å². The molecule has 0 aromatic carbocycles. The van der Waals surface area contributed by atoms with E-state index in [1.54, 1.807) is 13.2 Å². The Bertz CT molecular complexity index is 175. The third kappa shape index (κ3) is 5.18. The summed E-state index contributed by atoms with van der Waals surface area (Å²) in [5.41, 5.74) is 0. The first-order valence-electron chi connectivity index (χ1n) is 5.30. The fourth-order valence-corrected chi connectivity index (χ4v) is 1.43. The number of carbonyl (C=O) groups is 1. The van der Waals surface area contributed by atoms with E-state index in [1.165, 1.54) is 6.42 Å². The maximum absolute atomic E-state index is 10.2. The molecule has 0 aliphatic carbocycles. The van der Waals surface area contributed by atoms with Gasteiger partial charge in [-0.3, -0.25) is 4.79 Å². The molecule has 0 N–H and O–H groups in total. The van der Waals surface area contributed by atoms with Crippen LogP contribution in [0.2, 0.25) is 0 Å². The Morgan fingerprint density at radius 1 is 1.36 bits per heavy atom. The second-order valence-corrected chi connectivity index (χ2v) is 3.90. The second kappa shape index (κ2) is 7.74. The molecule has 0 rings (SSSR count). The molecule has 82 valence electrons. The van der Waals surface area contributed by atoms with Gasteiger partial charge in [0.05, 0.1) is 6.10 Å². The fourth-order valence-electron chi connectivity index (χ4n) is 1.43. The molecule has 0 amide bonds. The van der Waals surface area contributed by atoms with Crippen LogP contribution in [0.25, 0.3) is 0 Å². The van der Waals surface area contributed by atoms with E-state index in [4.69, 9.17) is 4.74 Å². The summed E-state index contributed by atoms with van der Waals surface area (Å²) in [6.07, 6.45) is 6.71. The highest BCUT2D eigenvalue weighted by Gasteiger charge is 2.16. The molecule has 0 fully saturated rings. The van der Waals surface area contributed by atoms with Crippen molar-refractivity contribution in [2.45, 2.75) is 39.7 Å². The Hall–Kier alpha value is -0.630. The van der Waals surface area contributed by atoms with Crippen molar-refractivity contribution >= 4 is 6.29 Å². The minimum atomic E-state index is 0.223. The standard InChI is InChI=1S/C12H22O2/c1-5-10(2)9-12(14-4)11(3)7-6-8-13/h6-8,10-12H,5,9H2,1-4H3.